The average Bonchev–Trinajstić information content (AvgIpc) is 2.33. The van der Waals surface area contributed by atoms with Gasteiger partial charge in [0.25, 0.3) is 0 Å². The molecule has 0 radical (unpaired) electrons. The summed E-state index contributed by atoms with van der Waals surface area (Å²) in [6.45, 7) is 3.94. The van der Waals surface area contributed by atoms with Gasteiger partial charge >= 0.3 is 0 Å². The topological polar surface area (TPSA) is 39.1 Å². The molecule has 1 aliphatic rings. The summed E-state index contributed by atoms with van der Waals surface area (Å²) in [5.74, 6) is 0. The van der Waals surface area contributed by atoms with Gasteiger partial charge in [-0.15, -0.1) is 0 Å². The van der Waals surface area contributed by atoms with Gasteiger partial charge in [0.2, 0.25) is 0 Å². The monoisotopic (exact) mass is 215 g/mol. The van der Waals surface area contributed by atoms with Crippen LogP contribution in [0.4, 0.5) is 0 Å². The van der Waals surface area contributed by atoms with Gasteiger partial charge in [-0.1, -0.05) is 30.3 Å². The van der Waals surface area contributed by atoms with E-state index in [0.717, 1.165) is 26.2 Å². The van der Waals surface area contributed by atoms with Crippen LogP contribution in [0.2, 0.25) is 0 Å². The van der Waals surface area contributed by atoms with Gasteiger partial charge < -0.3 is 5.32 Å². The summed E-state index contributed by atoms with van der Waals surface area (Å²) >= 11 is 0. The molecular weight excluding hydrogens is 198 g/mol. The largest absolute Gasteiger partial charge is 0.314 e. The lowest BCUT2D eigenvalue weighted by Crippen LogP contribution is -2.50. The Labute approximate surface area is 96.7 Å². The van der Waals surface area contributed by atoms with Crippen LogP contribution in [-0.4, -0.2) is 30.6 Å². The van der Waals surface area contributed by atoms with E-state index in [1.54, 1.807) is 0 Å². The van der Waals surface area contributed by atoms with Crippen LogP contribution in [-0.2, 0) is 6.54 Å². The Morgan fingerprint density at radius 2 is 2.19 bits per heavy atom. The lowest BCUT2D eigenvalue weighted by Gasteiger charge is -2.34. The molecule has 1 saturated heterocycles. The van der Waals surface area contributed by atoms with Crippen LogP contribution in [0.25, 0.3) is 0 Å². The van der Waals surface area contributed by atoms with Crippen molar-refractivity contribution in [3.8, 4) is 6.07 Å². The minimum absolute atomic E-state index is 0.360. The fourth-order valence-corrected chi connectivity index (χ4v) is 2.14. The average molecular weight is 215 g/mol. The second-order valence-corrected chi connectivity index (χ2v) is 4.18. The van der Waals surface area contributed by atoms with Crippen molar-refractivity contribution < 1.29 is 0 Å². The van der Waals surface area contributed by atoms with Gasteiger partial charge in [-0.05, 0) is 5.56 Å². The van der Waals surface area contributed by atoms with Crippen LogP contribution < -0.4 is 5.32 Å². The zero-order chi connectivity index (χ0) is 11.2. The molecular formula is C13H17N3. The minimum Gasteiger partial charge on any atom is -0.314 e. The highest BCUT2D eigenvalue weighted by molar-refractivity contribution is 5.14. The molecule has 0 saturated carbocycles. The highest BCUT2D eigenvalue weighted by Gasteiger charge is 2.21. The van der Waals surface area contributed by atoms with E-state index in [-0.39, 0.29) is 0 Å². The van der Waals surface area contributed by atoms with Gasteiger partial charge in [0.1, 0.15) is 0 Å². The van der Waals surface area contributed by atoms with Gasteiger partial charge in [0.15, 0.2) is 0 Å². The van der Waals surface area contributed by atoms with Crippen molar-refractivity contribution in [3.63, 3.8) is 0 Å². The first kappa shape index (κ1) is 11.1. The Hall–Kier alpha value is -1.37. The molecule has 1 atom stereocenters. The van der Waals surface area contributed by atoms with E-state index in [0.29, 0.717) is 12.5 Å². The third-order valence-electron chi connectivity index (χ3n) is 3.03. The molecule has 1 aliphatic heterocycles. The molecule has 0 bridgehead atoms. The number of nitriles is 1. The standard InChI is InChI=1S/C13H17N3/c14-7-6-13-10-15-8-9-16(13)11-12-4-2-1-3-5-12/h1-5,13,15H,6,8-11H2. The number of piperazine rings is 1. The number of benzene rings is 1. The molecule has 0 spiro atoms. The zero-order valence-electron chi connectivity index (χ0n) is 9.39. The Morgan fingerprint density at radius 3 is 2.94 bits per heavy atom. The van der Waals surface area contributed by atoms with Crippen molar-refractivity contribution in [2.45, 2.75) is 19.0 Å². The molecule has 1 unspecified atom stereocenters. The van der Waals surface area contributed by atoms with Crippen molar-refractivity contribution in [1.82, 2.24) is 10.2 Å². The molecule has 1 fully saturated rings. The van der Waals surface area contributed by atoms with Crippen LogP contribution in [0, 0.1) is 11.3 Å². The van der Waals surface area contributed by atoms with Crippen LogP contribution >= 0.6 is 0 Å². The summed E-state index contributed by atoms with van der Waals surface area (Å²) < 4.78 is 0. The van der Waals surface area contributed by atoms with Crippen LogP contribution in [0.1, 0.15) is 12.0 Å². The SMILES string of the molecule is N#CCC1CNCCN1Cc1ccccc1. The molecule has 3 nitrogen and oxygen atoms in total. The first-order valence-corrected chi connectivity index (χ1v) is 5.76. The maximum absolute atomic E-state index is 8.80. The molecule has 1 aromatic rings. The number of hydrogen-bond donors (Lipinski definition) is 1. The van der Waals surface area contributed by atoms with Crippen molar-refractivity contribution in [2.75, 3.05) is 19.6 Å². The Morgan fingerprint density at radius 1 is 1.38 bits per heavy atom. The number of nitrogens with one attached hydrogen (secondary N) is 1. The molecule has 16 heavy (non-hydrogen) atoms. The molecule has 0 aliphatic carbocycles. The molecule has 84 valence electrons. The normalized spacial score (nSPS) is 21.6. The van der Waals surface area contributed by atoms with Crippen LogP contribution in [0.15, 0.2) is 30.3 Å². The first-order chi connectivity index (χ1) is 7.90. The first-order valence-electron chi connectivity index (χ1n) is 5.76. The molecule has 0 aromatic heterocycles. The van der Waals surface area contributed by atoms with E-state index in [2.05, 4.69) is 40.6 Å². The Balaban J connectivity index is 1.99. The molecule has 1 aromatic carbocycles. The number of nitrogens with zero attached hydrogens (tertiary/aromatic N) is 2. The van der Waals surface area contributed by atoms with Gasteiger partial charge in [0.05, 0.1) is 12.5 Å². The summed E-state index contributed by atoms with van der Waals surface area (Å²) in [4.78, 5) is 2.40. The van der Waals surface area contributed by atoms with Crippen molar-refractivity contribution in [2.24, 2.45) is 0 Å². The van der Waals surface area contributed by atoms with E-state index in [1.807, 2.05) is 6.07 Å². The summed E-state index contributed by atoms with van der Waals surface area (Å²) in [5.41, 5.74) is 1.33. The zero-order valence-corrected chi connectivity index (χ0v) is 9.39. The maximum atomic E-state index is 8.80. The second kappa shape index (κ2) is 5.64. The van der Waals surface area contributed by atoms with E-state index >= 15 is 0 Å². The predicted octanol–water partition coefficient (Wildman–Crippen LogP) is 1.37. The fraction of sp³-hybridized carbons (Fsp3) is 0.462. The Bertz CT molecular complexity index is 355. The van der Waals surface area contributed by atoms with E-state index in [9.17, 15) is 0 Å². The lowest BCUT2D eigenvalue weighted by atomic mass is 10.1. The smallest absolute Gasteiger partial charge is 0.0638 e. The highest BCUT2D eigenvalue weighted by atomic mass is 15.2. The van der Waals surface area contributed by atoms with Gasteiger partial charge in [-0.3, -0.25) is 4.90 Å². The maximum Gasteiger partial charge on any atom is 0.0638 e. The molecule has 0 amide bonds. The molecule has 1 N–H and O–H groups in total. The fourth-order valence-electron chi connectivity index (χ4n) is 2.14. The van der Waals surface area contributed by atoms with Gasteiger partial charge in [-0.2, -0.15) is 5.26 Å². The number of rotatable bonds is 3. The third kappa shape index (κ3) is 2.82. The highest BCUT2D eigenvalue weighted by Crippen LogP contribution is 2.12. The van der Waals surface area contributed by atoms with Crippen LogP contribution in [0.5, 0.6) is 0 Å². The quantitative estimate of drug-likeness (QED) is 0.827. The summed E-state index contributed by atoms with van der Waals surface area (Å²) in [6, 6.07) is 13.1. The summed E-state index contributed by atoms with van der Waals surface area (Å²) in [6.07, 6.45) is 0.611. The van der Waals surface area contributed by atoms with Crippen molar-refractivity contribution >= 4 is 0 Å². The summed E-state index contributed by atoms with van der Waals surface area (Å²) in [5, 5.41) is 12.1. The van der Waals surface area contributed by atoms with E-state index < -0.39 is 0 Å². The van der Waals surface area contributed by atoms with Crippen molar-refractivity contribution in [1.29, 1.82) is 5.26 Å². The molecule has 3 heteroatoms. The molecule has 2 rings (SSSR count). The lowest BCUT2D eigenvalue weighted by molar-refractivity contribution is 0.155. The predicted molar refractivity (Wildman–Crippen MR) is 63.7 cm³/mol. The summed E-state index contributed by atoms with van der Waals surface area (Å²) in [7, 11) is 0. The van der Waals surface area contributed by atoms with E-state index in [4.69, 9.17) is 5.26 Å². The molecule has 1 heterocycles. The second-order valence-electron chi connectivity index (χ2n) is 4.18. The van der Waals surface area contributed by atoms with Crippen LogP contribution in [0.3, 0.4) is 0 Å². The van der Waals surface area contributed by atoms with E-state index in [1.165, 1.54) is 5.56 Å². The number of hydrogen-bond acceptors (Lipinski definition) is 3. The Kier molecular flexibility index (Phi) is 3.92. The van der Waals surface area contributed by atoms with Gasteiger partial charge in [-0.25, -0.2) is 0 Å². The third-order valence-corrected chi connectivity index (χ3v) is 3.03. The van der Waals surface area contributed by atoms with Gasteiger partial charge in [0, 0.05) is 32.2 Å². The van der Waals surface area contributed by atoms with Crippen molar-refractivity contribution in [3.05, 3.63) is 35.9 Å². The minimum atomic E-state index is 0.360.